The molecule has 4 aromatic carbocycles. The Hall–Kier alpha value is -4.03. The fourth-order valence-corrected chi connectivity index (χ4v) is 7.22. The zero-order valence-corrected chi connectivity index (χ0v) is 27.9. The fourth-order valence-electron chi connectivity index (χ4n) is 5.33. The molecule has 0 saturated carbocycles. The topological polar surface area (TPSA) is 114 Å². The molecule has 0 spiro atoms. The maximum absolute atomic E-state index is 14.3. The first-order valence-electron chi connectivity index (χ1n) is 15.1. The van der Waals surface area contributed by atoms with E-state index in [0.717, 1.165) is 6.07 Å². The Morgan fingerprint density at radius 2 is 1.69 bits per heavy atom. The number of carbonyl (C=O) groups excluding carboxylic acids is 1. The van der Waals surface area contributed by atoms with Crippen LogP contribution in [-0.2, 0) is 25.8 Å². The number of hydrogen-bond acceptors (Lipinski definition) is 7. The number of sulfone groups is 1. The summed E-state index contributed by atoms with van der Waals surface area (Å²) in [5, 5.41) is 12.3. The van der Waals surface area contributed by atoms with Gasteiger partial charge in [0.2, 0.25) is 5.90 Å². The van der Waals surface area contributed by atoms with E-state index in [-0.39, 0.29) is 41.8 Å². The second-order valence-corrected chi connectivity index (χ2v) is 14.1. The van der Waals surface area contributed by atoms with Crippen molar-refractivity contribution < 1.29 is 36.6 Å². The first kappa shape index (κ1) is 35.3. The van der Waals surface area contributed by atoms with Crippen molar-refractivity contribution in [2.75, 3.05) is 25.5 Å². The van der Waals surface area contributed by atoms with Gasteiger partial charge < -0.3 is 19.9 Å². The van der Waals surface area contributed by atoms with Crippen molar-refractivity contribution in [1.82, 2.24) is 5.32 Å². The lowest BCUT2D eigenvalue weighted by Crippen LogP contribution is -2.49. The van der Waals surface area contributed by atoms with Crippen LogP contribution in [0.1, 0.15) is 35.6 Å². The van der Waals surface area contributed by atoms with Crippen LogP contribution in [0.4, 0.5) is 8.78 Å². The summed E-state index contributed by atoms with van der Waals surface area (Å²) in [7, 11) is -3.89. The van der Waals surface area contributed by atoms with Gasteiger partial charge >= 0.3 is 0 Å². The fraction of sp³-hybridized carbons (Fsp3) is 0.257. The summed E-state index contributed by atoms with van der Waals surface area (Å²) in [6.07, 6.45) is -0.949. The van der Waals surface area contributed by atoms with Crippen molar-refractivity contribution in [3.05, 3.63) is 129 Å². The molecule has 13 heteroatoms. The van der Waals surface area contributed by atoms with Gasteiger partial charge in [-0.25, -0.2) is 22.2 Å². The van der Waals surface area contributed by atoms with Gasteiger partial charge in [0.15, 0.2) is 21.5 Å². The summed E-state index contributed by atoms with van der Waals surface area (Å²) in [4.78, 5) is 19.2. The number of aliphatic hydroxyl groups excluding tert-OH is 1. The Labute approximate surface area is 287 Å². The van der Waals surface area contributed by atoms with E-state index < -0.39 is 44.8 Å². The van der Waals surface area contributed by atoms with Crippen LogP contribution in [0.3, 0.4) is 0 Å². The summed E-state index contributed by atoms with van der Waals surface area (Å²) in [6, 6.07) is 22.3. The Bertz CT molecular complexity index is 1880. The molecule has 4 aromatic rings. The van der Waals surface area contributed by atoms with Crippen molar-refractivity contribution >= 4 is 44.8 Å². The van der Waals surface area contributed by atoms with E-state index in [4.69, 9.17) is 42.8 Å². The number of aliphatic imine (C=N–C) groups is 1. The number of ether oxygens (including phenoxy) is 2. The van der Waals surface area contributed by atoms with Gasteiger partial charge in [-0.05, 0) is 72.6 Å². The molecule has 1 amide bonds. The quantitative estimate of drug-likeness (QED) is 0.144. The lowest BCUT2D eigenvalue weighted by Gasteiger charge is -2.31. The van der Waals surface area contributed by atoms with Crippen molar-refractivity contribution in [1.29, 1.82) is 0 Å². The molecule has 0 bridgehead atoms. The Morgan fingerprint density at radius 1 is 0.979 bits per heavy atom. The molecular formula is C35H32Cl2F2N2O6S. The molecule has 48 heavy (non-hydrogen) atoms. The average molecular weight is 718 g/mol. The number of benzene rings is 4. The van der Waals surface area contributed by atoms with Gasteiger partial charge in [0, 0.05) is 53.2 Å². The maximum Gasteiger partial charge on any atom is 0.252 e. The van der Waals surface area contributed by atoms with E-state index >= 15 is 0 Å². The van der Waals surface area contributed by atoms with Crippen LogP contribution < -0.4 is 10.1 Å². The van der Waals surface area contributed by atoms with Crippen molar-refractivity contribution in [3.63, 3.8) is 0 Å². The molecule has 0 radical (unpaired) electrons. The highest BCUT2D eigenvalue weighted by Crippen LogP contribution is 2.45. The van der Waals surface area contributed by atoms with Gasteiger partial charge in [0.1, 0.15) is 17.4 Å². The van der Waals surface area contributed by atoms with Crippen molar-refractivity contribution in [2.24, 2.45) is 4.99 Å². The first-order valence-corrected chi connectivity index (χ1v) is 17.5. The largest absolute Gasteiger partial charge is 0.494 e. The van der Waals surface area contributed by atoms with Gasteiger partial charge in [-0.1, -0.05) is 47.5 Å². The number of amides is 1. The van der Waals surface area contributed by atoms with Crippen molar-refractivity contribution in [3.8, 4) is 5.75 Å². The number of carbonyl (C=O) groups is 1. The third kappa shape index (κ3) is 8.33. The van der Waals surface area contributed by atoms with Gasteiger partial charge in [-0.2, -0.15) is 0 Å². The normalized spacial score (nSPS) is 17.4. The van der Waals surface area contributed by atoms with Crippen molar-refractivity contribution in [2.45, 2.75) is 35.8 Å². The molecule has 2 atom stereocenters. The lowest BCUT2D eigenvalue weighted by atomic mass is 9.85. The van der Waals surface area contributed by atoms with Crippen LogP contribution in [0.2, 0.25) is 10.0 Å². The minimum absolute atomic E-state index is 0.0133. The van der Waals surface area contributed by atoms with Crippen LogP contribution >= 0.6 is 23.2 Å². The predicted octanol–water partition coefficient (Wildman–Crippen LogP) is 6.51. The molecule has 252 valence electrons. The molecule has 1 heterocycles. The standard InChI is InChI=1S/C35H32Cl2F2N2O6S/c36-25-9-12-30(31(37)21-25)32-35(14-18-48(44,45)29-5-2-1-3-6-29,34(43)40-15-13-23-19-26(38)22-27(39)20-23)41-33(47-32)24-7-10-28(11-8-24)46-17-4-16-42/h1-3,5-12,19-22,32,42H,4,13-18H2,(H,40,43)/t32-,35-/m1/s1. The third-order valence-corrected chi connectivity index (χ3v) is 10.0. The highest BCUT2D eigenvalue weighted by Gasteiger charge is 2.54. The summed E-state index contributed by atoms with van der Waals surface area (Å²) in [5.74, 6) is -2.04. The summed E-state index contributed by atoms with van der Waals surface area (Å²) >= 11 is 12.8. The van der Waals surface area contributed by atoms with Gasteiger partial charge in [-0.3, -0.25) is 4.79 Å². The third-order valence-electron chi connectivity index (χ3n) is 7.75. The molecule has 2 N–H and O–H groups in total. The number of hydrogen-bond donors (Lipinski definition) is 2. The minimum atomic E-state index is -3.89. The van der Waals surface area contributed by atoms with E-state index in [1.54, 1.807) is 54.6 Å². The molecule has 1 aliphatic heterocycles. The molecular weight excluding hydrogens is 685 g/mol. The molecule has 0 unspecified atom stereocenters. The van der Waals surface area contributed by atoms with E-state index in [9.17, 15) is 22.0 Å². The minimum Gasteiger partial charge on any atom is -0.494 e. The highest BCUT2D eigenvalue weighted by atomic mass is 35.5. The van der Waals surface area contributed by atoms with Gasteiger partial charge in [0.05, 0.1) is 17.3 Å². The second kappa shape index (κ2) is 15.5. The van der Waals surface area contributed by atoms with E-state index in [1.165, 1.54) is 30.3 Å². The number of nitrogens with one attached hydrogen (secondary N) is 1. The number of nitrogens with zero attached hydrogens (tertiary/aromatic N) is 1. The number of aliphatic hydroxyl groups is 1. The molecule has 0 saturated heterocycles. The van der Waals surface area contributed by atoms with E-state index in [2.05, 4.69) is 5.32 Å². The summed E-state index contributed by atoms with van der Waals surface area (Å²) in [6.45, 7) is 0.257. The molecule has 1 aliphatic rings. The molecule has 5 rings (SSSR count). The lowest BCUT2D eigenvalue weighted by molar-refractivity contribution is -0.129. The van der Waals surface area contributed by atoms with Crippen LogP contribution in [-0.4, -0.2) is 56.4 Å². The predicted molar refractivity (Wildman–Crippen MR) is 179 cm³/mol. The Balaban J connectivity index is 1.54. The molecule has 0 aliphatic carbocycles. The smallest absolute Gasteiger partial charge is 0.252 e. The monoisotopic (exact) mass is 716 g/mol. The molecule has 0 fully saturated rings. The van der Waals surface area contributed by atoms with Gasteiger partial charge in [0.25, 0.3) is 5.91 Å². The Morgan fingerprint density at radius 3 is 2.35 bits per heavy atom. The average Bonchev–Trinajstić information content (AvgIpc) is 3.45. The maximum atomic E-state index is 14.3. The van der Waals surface area contributed by atoms with E-state index in [1.807, 2.05) is 0 Å². The van der Waals surface area contributed by atoms with Gasteiger partial charge in [-0.15, -0.1) is 0 Å². The SMILES string of the molecule is O=C(NCCc1cc(F)cc(F)c1)[C@]1(CCS(=O)(=O)c2ccccc2)N=C(c2ccc(OCCCO)cc2)O[C@@H]1c1ccc(Cl)cc1Cl. The van der Waals surface area contributed by atoms with Crippen LogP contribution in [0.5, 0.6) is 5.75 Å². The second-order valence-electron chi connectivity index (χ2n) is 11.1. The van der Waals surface area contributed by atoms with Crippen LogP contribution in [0.25, 0.3) is 0 Å². The number of halogens is 4. The zero-order chi connectivity index (χ0) is 34.3. The van der Waals surface area contributed by atoms with Crippen LogP contribution in [0.15, 0.2) is 101 Å². The highest BCUT2D eigenvalue weighted by molar-refractivity contribution is 7.91. The van der Waals surface area contributed by atoms with E-state index in [0.29, 0.717) is 40.5 Å². The Kier molecular flexibility index (Phi) is 11.4. The summed E-state index contributed by atoms with van der Waals surface area (Å²) < 4.78 is 66.7. The van der Waals surface area contributed by atoms with Crippen LogP contribution in [0, 0.1) is 11.6 Å². The zero-order valence-electron chi connectivity index (χ0n) is 25.5. The molecule has 0 aromatic heterocycles. The first-order chi connectivity index (χ1) is 23.0. The number of rotatable bonds is 14. The summed E-state index contributed by atoms with van der Waals surface area (Å²) in [5.41, 5.74) is -0.698. The molecule has 8 nitrogen and oxygen atoms in total.